The summed E-state index contributed by atoms with van der Waals surface area (Å²) in [6.45, 7) is 30.4. The van der Waals surface area contributed by atoms with E-state index in [4.69, 9.17) is 24.6 Å². The van der Waals surface area contributed by atoms with E-state index >= 15 is 0 Å². The maximum absolute atomic E-state index is 13.9. The molecule has 6 aromatic carbocycles. The molecule has 12 fully saturated rings. The fourth-order valence-corrected chi connectivity index (χ4v) is 22.9. The highest BCUT2D eigenvalue weighted by Gasteiger charge is 2.61. The van der Waals surface area contributed by atoms with Gasteiger partial charge >= 0.3 is 7.12 Å². The van der Waals surface area contributed by atoms with Gasteiger partial charge in [0, 0.05) is 77.3 Å². The van der Waals surface area contributed by atoms with Crippen LogP contribution in [0.15, 0.2) is 146 Å². The van der Waals surface area contributed by atoms with Crippen LogP contribution in [0.1, 0.15) is 159 Å². The first-order valence-corrected chi connectivity index (χ1v) is 45.3. The van der Waals surface area contributed by atoms with Gasteiger partial charge in [-0.15, -0.1) is 0 Å². The number of carbonyl (C=O) groups excluding carboxylic acids is 6. The summed E-state index contributed by atoms with van der Waals surface area (Å²) in [6.07, 6.45) is 2.25. The summed E-state index contributed by atoms with van der Waals surface area (Å²) < 4.78 is 1.11. The highest BCUT2D eigenvalue weighted by Crippen LogP contribution is 2.64. The molecule has 3 unspecified atom stereocenters. The third-order valence-corrected chi connectivity index (χ3v) is 30.2. The Bertz CT molecular complexity index is 4540. The van der Waals surface area contributed by atoms with E-state index in [-0.39, 0.29) is 73.4 Å². The van der Waals surface area contributed by atoms with E-state index in [1.54, 1.807) is 54.2 Å². The fourth-order valence-electron chi connectivity index (χ4n) is 22.3. The lowest BCUT2D eigenvalue weighted by Crippen LogP contribution is -2.62. The lowest BCUT2D eigenvalue weighted by atomic mass is 9.45. The monoisotopic (exact) mass is 1820 g/mol. The van der Waals surface area contributed by atoms with Crippen molar-refractivity contribution in [2.45, 2.75) is 235 Å². The smallest absolute Gasteiger partial charge is 0.423 e. The predicted octanol–water partition coefficient (Wildman–Crippen LogP) is 10.2. The summed E-state index contributed by atoms with van der Waals surface area (Å²) >= 11 is 2.27. The standard InChI is InChI=1S/2C32H43N3O5.C24H35IN2O4.C8H10BNO3/c2*1-18-26-14-24(32(26,4)5)15-27(18)34-31(39)30-29(19(2)37)28(17-36)40-35(30)16-21-8-6-9-22(12-21)23-10-7-11-25(13-23)33-20(3)38;1-13-18-9-16(24(18,3)4)10-19(13)26-23(30)22-21(14(2)29)20(12-28)31-27(22)11-15-6-5-7-17(25)8-15;1-6(11)10-8-4-2-3-7(5-8)9(12)13/h2*6-13,18-19,24,26-30,36-37H,14-17H2,1-5H3,(H,33,38)(H,34,39);5-8,13-14,16,18-22,28-29H,9-12H2,1-4H3,(H,26,30);2-5,12-13H,1H3,(H,10,11)/t2*18-,19-,24+,26-,27?,28-,29+,30-;13-,14-,16+,18-,19?,20-,21+,22-;/m000./s1. The third kappa shape index (κ3) is 21.4. The molecular weight excluding hydrogens is 1690 g/mol. The van der Waals surface area contributed by atoms with Crippen molar-refractivity contribution in [3.63, 3.8) is 0 Å². The maximum Gasteiger partial charge on any atom is 0.488 e. The number of fused-ring (bicyclic) bond motifs is 6. The molecule has 124 heavy (non-hydrogen) atoms. The Hall–Kier alpha value is -7.63. The van der Waals surface area contributed by atoms with Gasteiger partial charge in [0.15, 0.2) is 0 Å². The molecule has 18 rings (SSSR count). The topological polar surface area (TPSA) is 374 Å². The van der Waals surface area contributed by atoms with Crippen molar-refractivity contribution in [2.24, 2.45) is 87.3 Å². The first kappa shape index (κ1) is 95.5. The summed E-state index contributed by atoms with van der Waals surface area (Å²) in [7, 11) is -1.51. The normalized spacial score (nSPS) is 30.9. The minimum atomic E-state index is -1.51. The zero-order valence-electron chi connectivity index (χ0n) is 74.2. The minimum absolute atomic E-state index is 0.0909. The van der Waals surface area contributed by atoms with Crippen LogP contribution in [0, 0.1) is 90.8 Å². The van der Waals surface area contributed by atoms with Crippen LogP contribution in [0.2, 0.25) is 0 Å². The SMILES string of the molecule is CC(=O)Nc1cccc(-c2cccc(CN3O[C@@H](CO)[C@@H]([C@H](C)O)[C@H]3C(=O)NC3C[C@H]4C[C@@H]([C@@H]3C)C4(C)C)c2)c1.CC(=O)Nc1cccc(-c2cccc(CN3O[C@@H](CO)[C@@H]([C@H](C)O)[C@H]3C(=O)NC3C[C@H]4C[C@@H]([C@@H]3C)C4(C)C)c2)c1.CC(=O)Nc1cccc(B(O)O)c1.C[C@H](O)[C@@H]1[C@H](CO)ON(Cc2cccc(I)c2)[C@@H]1C(=O)NC1C[C@H]2C[C@@H]([C@@H]1C)C2(C)C. The van der Waals surface area contributed by atoms with Gasteiger partial charge in [0.25, 0.3) is 0 Å². The Labute approximate surface area is 744 Å². The Balaban J connectivity index is 0.000000159. The zero-order valence-corrected chi connectivity index (χ0v) is 76.4. The third-order valence-electron chi connectivity index (χ3n) is 29.5. The molecule has 3 saturated heterocycles. The highest BCUT2D eigenvalue weighted by molar-refractivity contribution is 14.1. The predicted molar refractivity (Wildman–Crippen MR) is 485 cm³/mol. The molecule has 6 aromatic rings. The molecule has 6 amide bonds. The second-order valence-corrected chi connectivity index (χ2v) is 39.7. The van der Waals surface area contributed by atoms with E-state index in [0.717, 1.165) is 73.2 Å². The van der Waals surface area contributed by atoms with Crippen LogP contribution in [0.4, 0.5) is 17.1 Å². The van der Waals surface area contributed by atoms with Crippen LogP contribution in [-0.4, -0.2) is 191 Å². The lowest BCUT2D eigenvalue weighted by Gasteiger charge is -2.62. The van der Waals surface area contributed by atoms with Crippen molar-refractivity contribution in [3.8, 4) is 22.3 Å². The summed E-state index contributed by atoms with van der Waals surface area (Å²) in [5, 5.41) is 103. The fraction of sp³-hybridized carbons (Fsp3) is 0.562. The minimum Gasteiger partial charge on any atom is -0.423 e. The number of benzene rings is 6. The van der Waals surface area contributed by atoms with Crippen LogP contribution < -0.4 is 37.4 Å². The summed E-state index contributed by atoms with van der Waals surface area (Å²) in [5.41, 5.74) is 10.1. The second-order valence-electron chi connectivity index (χ2n) is 38.4. The number of carbonyl (C=O) groups is 6. The van der Waals surface area contributed by atoms with Crippen LogP contribution in [0.5, 0.6) is 0 Å². The number of halogens is 1. The van der Waals surface area contributed by atoms with E-state index in [1.807, 2.05) is 115 Å². The average molecular weight is 1820 g/mol. The van der Waals surface area contributed by atoms with Gasteiger partial charge in [0.2, 0.25) is 35.4 Å². The van der Waals surface area contributed by atoms with Crippen LogP contribution in [-0.2, 0) is 62.9 Å². The number of nitrogens with zero attached hydrogens (tertiary/aromatic N) is 3. The summed E-state index contributed by atoms with van der Waals surface area (Å²) in [5.74, 6) is 2.40. The van der Waals surface area contributed by atoms with Crippen molar-refractivity contribution in [1.29, 1.82) is 0 Å². The van der Waals surface area contributed by atoms with Gasteiger partial charge in [-0.1, -0.05) is 147 Å². The molecule has 0 radical (unpaired) electrons. The molecule has 24 atom stereocenters. The first-order valence-electron chi connectivity index (χ1n) is 44.2. The van der Waals surface area contributed by atoms with Gasteiger partial charge in [-0.25, -0.2) is 0 Å². The van der Waals surface area contributed by atoms with E-state index in [0.29, 0.717) is 100 Å². The quantitative estimate of drug-likeness (QED) is 0.0198. The molecule has 26 nitrogen and oxygen atoms in total. The molecule has 672 valence electrons. The second kappa shape index (κ2) is 40.4. The molecule has 14 N–H and O–H groups in total. The van der Waals surface area contributed by atoms with E-state index in [1.165, 1.54) is 46.1 Å². The highest BCUT2D eigenvalue weighted by atomic mass is 127. The Morgan fingerprint density at radius 1 is 0.419 bits per heavy atom. The number of hydroxylamine groups is 6. The van der Waals surface area contributed by atoms with Gasteiger partial charge in [-0.3, -0.25) is 43.3 Å². The van der Waals surface area contributed by atoms with Crippen molar-refractivity contribution < 1.29 is 84.0 Å². The molecule has 3 heterocycles. The number of anilines is 3. The maximum atomic E-state index is 13.9. The molecule has 0 spiro atoms. The van der Waals surface area contributed by atoms with Crippen LogP contribution in [0.3, 0.4) is 0 Å². The van der Waals surface area contributed by atoms with Crippen molar-refractivity contribution in [2.75, 3.05) is 35.8 Å². The van der Waals surface area contributed by atoms with Gasteiger partial charge in [0.1, 0.15) is 36.4 Å². The Morgan fingerprint density at radius 2 is 0.702 bits per heavy atom. The number of nitrogens with one attached hydrogen (secondary N) is 6. The Morgan fingerprint density at radius 3 is 0.976 bits per heavy atom. The number of rotatable bonds is 24. The van der Waals surface area contributed by atoms with Gasteiger partial charge in [-0.2, -0.15) is 15.2 Å². The average Bonchev–Trinajstić information content (AvgIpc) is 0.778. The molecule has 12 aliphatic rings. The van der Waals surface area contributed by atoms with Gasteiger partial charge in [-0.05, 0) is 256 Å². The molecular formula is C96H131BIN9O17. The number of hydrogen-bond acceptors (Lipinski definition) is 20. The molecule has 28 heteroatoms. The molecule has 6 bridgehead atoms. The van der Waals surface area contributed by atoms with E-state index in [9.17, 15) is 59.4 Å². The van der Waals surface area contributed by atoms with Crippen LogP contribution >= 0.6 is 22.6 Å². The lowest BCUT2D eigenvalue weighted by molar-refractivity contribution is -0.183. The molecule has 9 saturated carbocycles. The van der Waals surface area contributed by atoms with Crippen LogP contribution in [0.25, 0.3) is 22.3 Å². The zero-order chi connectivity index (χ0) is 89.9. The van der Waals surface area contributed by atoms with Crippen molar-refractivity contribution in [3.05, 3.63) is 166 Å². The van der Waals surface area contributed by atoms with Gasteiger partial charge < -0.3 is 72.6 Å². The molecule has 0 aromatic heterocycles. The van der Waals surface area contributed by atoms with E-state index < -0.39 is 79.6 Å². The largest absolute Gasteiger partial charge is 0.488 e. The summed E-state index contributed by atoms with van der Waals surface area (Å²) in [6, 6.07) is 43.9. The van der Waals surface area contributed by atoms with Gasteiger partial charge in [0.05, 0.1) is 57.8 Å². The Kier molecular flexibility index (Phi) is 31.1. The molecule has 9 aliphatic carbocycles. The number of hydrogen-bond donors (Lipinski definition) is 14. The first-order chi connectivity index (χ1) is 58.7. The van der Waals surface area contributed by atoms with Crippen molar-refractivity contribution >= 4 is 87.7 Å². The molecule has 3 aliphatic heterocycles. The van der Waals surface area contributed by atoms with E-state index in [2.05, 4.69) is 123 Å². The van der Waals surface area contributed by atoms with Crippen molar-refractivity contribution in [1.82, 2.24) is 31.1 Å². The number of aliphatic hydroxyl groups excluding tert-OH is 6. The number of amides is 6. The summed E-state index contributed by atoms with van der Waals surface area (Å²) in [4.78, 5) is 93.2. The number of aliphatic hydroxyl groups is 6.